The Kier molecular flexibility index (Phi) is 10.8. The second-order valence-electron chi connectivity index (χ2n) is 9.88. The first kappa shape index (κ1) is 29.3. The molecule has 0 aliphatic rings. The van der Waals surface area contributed by atoms with Crippen molar-refractivity contribution in [2.24, 2.45) is 5.92 Å². The molecule has 0 spiro atoms. The Balaban J connectivity index is 1.55. The fraction of sp³-hybridized carbons (Fsp3) is 0.229. The Morgan fingerprint density at radius 2 is 1.24 bits per heavy atom. The van der Waals surface area contributed by atoms with Gasteiger partial charge in [0.05, 0.1) is 7.11 Å². The van der Waals surface area contributed by atoms with Gasteiger partial charge in [-0.05, 0) is 47.2 Å². The van der Waals surface area contributed by atoms with Gasteiger partial charge in [-0.1, -0.05) is 103 Å². The van der Waals surface area contributed by atoms with Crippen molar-refractivity contribution in [2.75, 3.05) is 13.7 Å². The summed E-state index contributed by atoms with van der Waals surface area (Å²) < 4.78 is 10.8. The summed E-state index contributed by atoms with van der Waals surface area (Å²) in [6.07, 6.45) is 1.02. The van der Waals surface area contributed by atoms with Gasteiger partial charge in [0.15, 0.2) is 0 Å². The maximum Gasteiger partial charge on any atom is 0.325 e. The molecule has 0 aliphatic carbocycles. The van der Waals surface area contributed by atoms with Crippen LogP contribution in [0.1, 0.15) is 28.7 Å². The summed E-state index contributed by atoms with van der Waals surface area (Å²) in [5.41, 5.74) is 3.58. The first-order valence-electron chi connectivity index (χ1n) is 13.7. The Morgan fingerprint density at radius 3 is 1.83 bits per heavy atom. The van der Waals surface area contributed by atoms with E-state index in [-0.39, 0.29) is 44.2 Å². The Morgan fingerprint density at radius 1 is 0.683 bits per heavy atom. The summed E-state index contributed by atoms with van der Waals surface area (Å²) in [4.78, 5) is 42.1. The molecule has 41 heavy (non-hydrogen) atoms. The van der Waals surface area contributed by atoms with Crippen molar-refractivity contribution in [2.45, 2.75) is 32.4 Å². The topological polar surface area (TPSA) is 72.9 Å². The maximum atomic E-state index is 14.1. The highest BCUT2D eigenvalue weighted by Gasteiger charge is 2.32. The first-order chi connectivity index (χ1) is 20.0. The molecular formula is C35H35NO5. The largest absolute Gasteiger partial charge is 0.497 e. The quantitative estimate of drug-likeness (QED) is 0.146. The third-order valence-corrected chi connectivity index (χ3v) is 6.88. The van der Waals surface area contributed by atoms with Crippen LogP contribution in [0, 0.1) is 5.92 Å². The molecule has 0 bridgehead atoms. The lowest BCUT2D eigenvalue weighted by atomic mass is 9.90. The molecule has 1 amide bonds. The minimum absolute atomic E-state index is 0.105. The van der Waals surface area contributed by atoms with Crippen molar-refractivity contribution in [3.8, 4) is 5.75 Å². The van der Waals surface area contributed by atoms with Gasteiger partial charge in [0, 0.05) is 13.0 Å². The number of methoxy groups -OCH3 is 1. The van der Waals surface area contributed by atoms with E-state index in [0.717, 1.165) is 22.3 Å². The van der Waals surface area contributed by atoms with Crippen LogP contribution in [-0.2, 0) is 45.1 Å². The standard InChI is InChI=1S/C35H35NO5/c1-40-31-20-17-29(18-21-31)24-36(25-34(38)41-26-30-15-9-4-10-16-30)35(39)32(23-28-13-7-3-8-14-28)33(37)22-19-27-11-5-2-6-12-27/h2-18,20-21,32H,19,22-26H2,1H3. The van der Waals surface area contributed by atoms with Gasteiger partial charge < -0.3 is 14.4 Å². The summed E-state index contributed by atoms with van der Waals surface area (Å²) in [6, 6.07) is 35.9. The molecule has 6 heteroatoms. The zero-order chi connectivity index (χ0) is 28.9. The minimum atomic E-state index is -0.929. The highest BCUT2D eigenvalue weighted by molar-refractivity contribution is 6.02. The maximum absolute atomic E-state index is 14.1. The van der Waals surface area contributed by atoms with Gasteiger partial charge in [0.1, 0.15) is 30.6 Å². The van der Waals surface area contributed by atoms with Crippen LogP contribution in [0.2, 0.25) is 0 Å². The van der Waals surface area contributed by atoms with E-state index in [2.05, 4.69) is 0 Å². The first-order valence-corrected chi connectivity index (χ1v) is 13.7. The number of hydrogen-bond donors (Lipinski definition) is 0. The van der Waals surface area contributed by atoms with Gasteiger partial charge >= 0.3 is 5.97 Å². The zero-order valence-electron chi connectivity index (χ0n) is 23.3. The van der Waals surface area contributed by atoms with E-state index in [9.17, 15) is 14.4 Å². The fourth-order valence-corrected chi connectivity index (χ4v) is 4.60. The number of aryl methyl sites for hydroxylation is 1. The van der Waals surface area contributed by atoms with Crippen LogP contribution in [0.3, 0.4) is 0 Å². The monoisotopic (exact) mass is 549 g/mol. The average Bonchev–Trinajstić information content (AvgIpc) is 3.02. The molecule has 1 atom stereocenters. The molecule has 0 N–H and O–H groups in total. The number of amides is 1. The van der Waals surface area contributed by atoms with E-state index < -0.39 is 11.9 Å². The lowest BCUT2D eigenvalue weighted by Gasteiger charge is -2.27. The van der Waals surface area contributed by atoms with Crippen LogP contribution in [0.25, 0.3) is 0 Å². The highest BCUT2D eigenvalue weighted by atomic mass is 16.5. The van der Waals surface area contributed by atoms with Gasteiger partial charge in [-0.15, -0.1) is 0 Å². The molecule has 4 rings (SSSR count). The number of Topliss-reactive ketones (excluding diaryl/α,β-unsaturated/α-hetero) is 1. The van der Waals surface area contributed by atoms with Crippen LogP contribution in [0.5, 0.6) is 5.75 Å². The van der Waals surface area contributed by atoms with E-state index in [4.69, 9.17) is 9.47 Å². The van der Waals surface area contributed by atoms with Crippen LogP contribution in [-0.4, -0.2) is 36.2 Å². The zero-order valence-corrected chi connectivity index (χ0v) is 23.3. The van der Waals surface area contributed by atoms with Gasteiger partial charge in [0.2, 0.25) is 5.91 Å². The molecule has 0 heterocycles. The summed E-state index contributed by atoms with van der Waals surface area (Å²) in [5.74, 6) is -1.32. The van der Waals surface area contributed by atoms with Gasteiger partial charge in [-0.2, -0.15) is 0 Å². The summed E-state index contributed by atoms with van der Waals surface area (Å²) >= 11 is 0. The lowest BCUT2D eigenvalue weighted by molar-refractivity contribution is -0.153. The van der Waals surface area contributed by atoms with Crippen molar-refractivity contribution in [1.82, 2.24) is 4.90 Å². The highest BCUT2D eigenvalue weighted by Crippen LogP contribution is 2.20. The number of benzene rings is 4. The molecule has 0 radical (unpaired) electrons. The normalized spacial score (nSPS) is 11.3. The molecule has 210 valence electrons. The number of carbonyl (C=O) groups excluding carboxylic acids is 3. The number of ketones is 1. The smallest absolute Gasteiger partial charge is 0.325 e. The minimum Gasteiger partial charge on any atom is -0.497 e. The van der Waals surface area contributed by atoms with Crippen molar-refractivity contribution in [1.29, 1.82) is 0 Å². The van der Waals surface area contributed by atoms with Crippen molar-refractivity contribution >= 4 is 17.7 Å². The molecule has 0 fully saturated rings. The summed E-state index contributed by atoms with van der Waals surface area (Å²) in [5, 5.41) is 0. The van der Waals surface area contributed by atoms with E-state index in [0.29, 0.717) is 12.2 Å². The van der Waals surface area contributed by atoms with Crippen LogP contribution in [0.4, 0.5) is 0 Å². The Labute approximate surface area is 241 Å². The van der Waals surface area contributed by atoms with E-state index in [1.54, 1.807) is 19.2 Å². The van der Waals surface area contributed by atoms with Crippen molar-refractivity contribution in [3.63, 3.8) is 0 Å². The number of carbonyl (C=O) groups is 3. The van der Waals surface area contributed by atoms with Crippen molar-refractivity contribution < 1.29 is 23.9 Å². The Bertz CT molecular complexity index is 1390. The van der Waals surface area contributed by atoms with Crippen LogP contribution >= 0.6 is 0 Å². The summed E-state index contributed by atoms with van der Waals surface area (Å²) in [7, 11) is 1.59. The Hall–Kier alpha value is -4.71. The van der Waals surface area contributed by atoms with Crippen LogP contribution < -0.4 is 4.74 Å². The van der Waals surface area contributed by atoms with E-state index in [1.165, 1.54) is 4.90 Å². The van der Waals surface area contributed by atoms with Gasteiger partial charge in [-0.3, -0.25) is 14.4 Å². The van der Waals surface area contributed by atoms with Crippen molar-refractivity contribution in [3.05, 3.63) is 138 Å². The fourth-order valence-electron chi connectivity index (χ4n) is 4.60. The van der Waals surface area contributed by atoms with Crippen LogP contribution in [0.15, 0.2) is 115 Å². The number of hydrogen-bond acceptors (Lipinski definition) is 5. The number of nitrogens with zero attached hydrogens (tertiary/aromatic N) is 1. The number of ether oxygens (including phenoxy) is 2. The molecular weight excluding hydrogens is 514 g/mol. The predicted octanol–water partition coefficient (Wildman–Crippen LogP) is 5.83. The molecule has 6 nitrogen and oxygen atoms in total. The molecule has 4 aromatic carbocycles. The lowest BCUT2D eigenvalue weighted by Crippen LogP contribution is -2.43. The molecule has 0 saturated carbocycles. The SMILES string of the molecule is COc1ccc(CN(CC(=O)OCc2ccccc2)C(=O)C(Cc2ccccc2)C(=O)CCc2ccccc2)cc1. The number of esters is 1. The second kappa shape index (κ2) is 15.2. The third kappa shape index (κ3) is 9.17. The molecule has 4 aromatic rings. The molecule has 0 aromatic heterocycles. The number of rotatable bonds is 14. The van der Waals surface area contributed by atoms with Gasteiger partial charge in [-0.25, -0.2) is 0 Å². The summed E-state index contributed by atoms with van der Waals surface area (Å²) in [6.45, 7) is -0.0108. The molecule has 0 saturated heterocycles. The van der Waals surface area contributed by atoms with E-state index >= 15 is 0 Å². The van der Waals surface area contributed by atoms with E-state index in [1.807, 2.05) is 103 Å². The molecule has 1 unspecified atom stereocenters. The average molecular weight is 550 g/mol. The van der Waals surface area contributed by atoms with Gasteiger partial charge in [0.25, 0.3) is 0 Å². The predicted molar refractivity (Wildman–Crippen MR) is 158 cm³/mol. The third-order valence-electron chi connectivity index (χ3n) is 6.88. The molecule has 0 aliphatic heterocycles. The second-order valence-corrected chi connectivity index (χ2v) is 9.88.